The first kappa shape index (κ1) is 16.8. The molecular formula is C10H19ClN4O2S2. The van der Waals surface area contributed by atoms with E-state index in [1.807, 2.05) is 6.92 Å². The van der Waals surface area contributed by atoms with E-state index in [9.17, 15) is 8.42 Å². The molecule has 1 aliphatic heterocycles. The molecule has 2 rings (SSSR count). The van der Waals surface area contributed by atoms with Crippen molar-refractivity contribution in [3.05, 3.63) is 10.4 Å². The second-order valence-electron chi connectivity index (χ2n) is 4.24. The number of nitrogens with two attached hydrogens (primary N) is 1. The van der Waals surface area contributed by atoms with Crippen LogP contribution in [0.3, 0.4) is 0 Å². The minimum absolute atomic E-state index is 0. The van der Waals surface area contributed by atoms with Gasteiger partial charge in [-0.2, -0.15) is 4.31 Å². The summed E-state index contributed by atoms with van der Waals surface area (Å²) in [6.07, 6.45) is 0. The van der Waals surface area contributed by atoms with Crippen LogP contribution < -0.4 is 5.73 Å². The Bertz CT molecular complexity index is 497. The Morgan fingerprint density at radius 1 is 1.37 bits per heavy atom. The summed E-state index contributed by atoms with van der Waals surface area (Å²) >= 11 is 1.36. The Morgan fingerprint density at radius 3 is 2.47 bits per heavy atom. The Labute approximate surface area is 124 Å². The highest BCUT2D eigenvalue weighted by Crippen LogP contribution is 2.19. The van der Waals surface area contributed by atoms with Crippen LogP contribution in [0.2, 0.25) is 0 Å². The van der Waals surface area contributed by atoms with Crippen LogP contribution in [0.15, 0.2) is 10.4 Å². The number of aromatic nitrogens is 1. The Morgan fingerprint density at radius 2 is 2.00 bits per heavy atom. The van der Waals surface area contributed by atoms with Crippen LogP contribution in [0.5, 0.6) is 0 Å². The van der Waals surface area contributed by atoms with Crippen LogP contribution in [-0.2, 0) is 10.0 Å². The fourth-order valence-corrected chi connectivity index (χ4v) is 4.29. The largest absolute Gasteiger partial charge is 0.329 e. The summed E-state index contributed by atoms with van der Waals surface area (Å²) in [4.78, 5) is 6.25. The molecule has 0 bridgehead atoms. The number of thiazole rings is 1. The predicted octanol–water partition coefficient (Wildman–Crippen LogP) is 0.138. The second-order valence-corrected chi connectivity index (χ2v) is 7.19. The first-order chi connectivity index (χ1) is 8.54. The molecular weight excluding hydrogens is 308 g/mol. The fraction of sp³-hybridized carbons (Fsp3) is 0.700. The Balaban J connectivity index is 0.00000180. The molecule has 2 heterocycles. The van der Waals surface area contributed by atoms with Gasteiger partial charge in [0.1, 0.15) is 0 Å². The zero-order chi connectivity index (χ0) is 13.2. The van der Waals surface area contributed by atoms with Gasteiger partial charge in [0.05, 0.1) is 5.01 Å². The maximum Gasteiger partial charge on any atom is 0.261 e. The predicted molar refractivity (Wildman–Crippen MR) is 78.4 cm³/mol. The van der Waals surface area contributed by atoms with Gasteiger partial charge in [0.2, 0.25) is 0 Å². The zero-order valence-corrected chi connectivity index (χ0v) is 13.2. The molecule has 0 aliphatic carbocycles. The van der Waals surface area contributed by atoms with Crippen molar-refractivity contribution in [1.82, 2.24) is 14.2 Å². The smallest absolute Gasteiger partial charge is 0.261 e. The fourth-order valence-electron chi connectivity index (χ4n) is 1.97. The number of nitrogens with zero attached hydrogens (tertiary/aromatic N) is 3. The molecule has 0 atom stereocenters. The number of hydrogen-bond donors (Lipinski definition) is 1. The van der Waals surface area contributed by atoms with Gasteiger partial charge in [-0.25, -0.2) is 13.4 Å². The van der Waals surface area contributed by atoms with E-state index in [4.69, 9.17) is 5.73 Å². The van der Waals surface area contributed by atoms with Gasteiger partial charge in [-0.3, -0.25) is 4.90 Å². The molecule has 1 aromatic rings. The molecule has 0 unspecified atom stereocenters. The molecule has 0 radical (unpaired) electrons. The minimum Gasteiger partial charge on any atom is -0.329 e. The van der Waals surface area contributed by atoms with Gasteiger partial charge in [-0.15, -0.1) is 23.7 Å². The third-order valence-corrected chi connectivity index (χ3v) is 5.68. The summed E-state index contributed by atoms with van der Waals surface area (Å²) in [5.74, 6) is 0. The van der Waals surface area contributed by atoms with E-state index in [2.05, 4.69) is 9.88 Å². The van der Waals surface area contributed by atoms with Crippen molar-refractivity contribution >= 4 is 33.8 Å². The van der Waals surface area contributed by atoms with Crippen molar-refractivity contribution in [1.29, 1.82) is 0 Å². The highest BCUT2D eigenvalue weighted by atomic mass is 35.5. The van der Waals surface area contributed by atoms with E-state index in [0.717, 1.165) is 24.6 Å². The van der Waals surface area contributed by atoms with Crippen molar-refractivity contribution in [2.24, 2.45) is 5.73 Å². The zero-order valence-electron chi connectivity index (χ0n) is 10.8. The summed E-state index contributed by atoms with van der Waals surface area (Å²) in [6, 6.07) is 0. The van der Waals surface area contributed by atoms with Crippen molar-refractivity contribution in [3.8, 4) is 0 Å². The van der Waals surface area contributed by atoms with E-state index in [1.165, 1.54) is 15.6 Å². The normalized spacial score (nSPS) is 18.2. The molecule has 6 nitrogen and oxygen atoms in total. The quantitative estimate of drug-likeness (QED) is 0.851. The number of aryl methyl sites for hydroxylation is 1. The van der Waals surface area contributed by atoms with Gasteiger partial charge in [0.15, 0.2) is 5.03 Å². The third kappa shape index (κ3) is 3.87. The average Bonchev–Trinajstić information content (AvgIpc) is 2.78. The number of rotatable bonds is 4. The van der Waals surface area contributed by atoms with Crippen LogP contribution >= 0.6 is 23.7 Å². The maximum absolute atomic E-state index is 12.3. The maximum atomic E-state index is 12.3. The molecule has 1 saturated heterocycles. The molecule has 0 spiro atoms. The summed E-state index contributed by atoms with van der Waals surface area (Å²) < 4.78 is 26.1. The lowest BCUT2D eigenvalue weighted by Crippen LogP contribution is -2.49. The molecule has 0 saturated carbocycles. The lowest BCUT2D eigenvalue weighted by molar-refractivity contribution is 0.192. The number of sulfonamides is 1. The van der Waals surface area contributed by atoms with Gasteiger partial charge in [-0.05, 0) is 6.92 Å². The molecule has 19 heavy (non-hydrogen) atoms. The minimum atomic E-state index is -3.40. The van der Waals surface area contributed by atoms with E-state index in [0.29, 0.717) is 19.6 Å². The summed E-state index contributed by atoms with van der Waals surface area (Å²) in [6.45, 7) is 5.74. The van der Waals surface area contributed by atoms with Gasteiger partial charge in [0, 0.05) is 44.6 Å². The summed E-state index contributed by atoms with van der Waals surface area (Å²) in [5, 5.41) is 2.56. The molecule has 1 aliphatic rings. The van der Waals surface area contributed by atoms with Crippen LogP contribution in [0, 0.1) is 6.92 Å². The number of piperazine rings is 1. The van der Waals surface area contributed by atoms with Crippen molar-refractivity contribution in [2.75, 3.05) is 39.3 Å². The second kappa shape index (κ2) is 6.96. The van der Waals surface area contributed by atoms with Crippen molar-refractivity contribution in [2.45, 2.75) is 11.9 Å². The van der Waals surface area contributed by atoms with Crippen molar-refractivity contribution < 1.29 is 8.42 Å². The monoisotopic (exact) mass is 326 g/mol. The van der Waals surface area contributed by atoms with E-state index < -0.39 is 10.0 Å². The lowest BCUT2D eigenvalue weighted by atomic mass is 10.3. The highest BCUT2D eigenvalue weighted by molar-refractivity contribution is 7.89. The number of halogens is 1. The summed E-state index contributed by atoms with van der Waals surface area (Å²) in [7, 11) is -3.40. The highest BCUT2D eigenvalue weighted by Gasteiger charge is 2.29. The van der Waals surface area contributed by atoms with Crippen LogP contribution in [0.4, 0.5) is 0 Å². The van der Waals surface area contributed by atoms with E-state index in [1.54, 1.807) is 5.38 Å². The SMILES string of the molecule is Cc1nc(S(=O)(=O)N2CCN(CCN)CC2)cs1.Cl. The Kier molecular flexibility index (Phi) is 6.15. The van der Waals surface area contributed by atoms with Gasteiger partial charge >= 0.3 is 0 Å². The lowest BCUT2D eigenvalue weighted by Gasteiger charge is -2.33. The molecule has 110 valence electrons. The molecule has 0 aromatic carbocycles. The Hall–Kier alpha value is -0.250. The molecule has 1 fully saturated rings. The average molecular weight is 327 g/mol. The molecule has 9 heteroatoms. The van der Waals surface area contributed by atoms with Crippen LogP contribution in [-0.4, -0.2) is 61.9 Å². The molecule has 1 aromatic heterocycles. The topological polar surface area (TPSA) is 79.5 Å². The van der Waals surface area contributed by atoms with Gasteiger partial charge in [0.25, 0.3) is 10.0 Å². The molecule has 0 amide bonds. The standard InChI is InChI=1S/C10H18N4O2S2.ClH/c1-9-12-10(8-17-9)18(15,16)14-6-4-13(3-2-11)5-7-14;/h8H,2-7,11H2,1H3;1H. The van der Waals surface area contributed by atoms with Crippen LogP contribution in [0.1, 0.15) is 5.01 Å². The van der Waals surface area contributed by atoms with Gasteiger partial charge in [-0.1, -0.05) is 0 Å². The van der Waals surface area contributed by atoms with E-state index >= 15 is 0 Å². The first-order valence-corrected chi connectivity index (χ1v) is 8.20. The van der Waals surface area contributed by atoms with Gasteiger partial charge < -0.3 is 5.73 Å². The van der Waals surface area contributed by atoms with Crippen LogP contribution in [0.25, 0.3) is 0 Å². The van der Waals surface area contributed by atoms with Crippen molar-refractivity contribution in [3.63, 3.8) is 0 Å². The number of hydrogen-bond acceptors (Lipinski definition) is 6. The van der Waals surface area contributed by atoms with E-state index in [-0.39, 0.29) is 17.4 Å². The molecule has 2 N–H and O–H groups in total. The third-order valence-electron chi connectivity index (χ3n) is 2.98. The summed E-state index contributed by atoms with van der Waals surface area (Å²) in [5.41, 5.74) is 5.49. The first-order valence-electron chi connectivity index (χ1n) is 5.89.